The highest BCUT2D eigenvalue weighted by Gasteiger charge is 2.47. The third-order valence-corrected chi connectivity index (χ3v) is 8.47. The van der Waals surface area contributed by atoms with E-state index >= 15 is 0 Å². The van der Waals surface area contributed by atoms with Gasteiger partial charge in [0.15, 0.2) is 0 Å². The van der Waals surface area contributed by atoms with Crippen LogP contribution in [0.1, 0.15) is 64.7 Å². The lowest BCUT2D eigenvalue weighted by Crippen LogP contribution is -2.53. The fourth-order valence-corrected chi connectivity index (χ4v) is 6.31. The van der Waals surface area contributed by atoms with Crippen LogP contribution in [-0.2, 0) is 11.2 Å². The van der Waals surface area contributed by atoms with Gasteiger partial charge in [-0.2, -0.15) is 0 Å². The number of halogens is 1. The summed E-state index contributed by atoms with van der Waals surface area (Å²) in [5.74, 6) is -0.539. The van der Waals surface area contributed by atoms with E-state index in [0.29, 0.717) is 23.2 Å². The van der Waals surface area contributed by atoms with E-state index in [-0.39, 0.29) is 17.9 Å². The molecule has 0 spiro atoms. The fraction of sp³-hybridized carbons (Fsp3) is 0.375. The summed E-state index contributed by atoms with van der Waals surface area (Å²) in [5, 5.41) is 3.84. The average Bonchev–Trinajstić information content (AvgIpc) is 2.94. The molecule has 5 nitrogen and oxygen atoms in total. The molecule has 3 aromatic rings. The van der Waals surface area contributed by atoms with Crippen molar-refractivity contribution in [2.45, 2.75) is 56.1 Å². The minimum atomic E-state index is -0.507. The van der Waals surface area contributed by atoms with Crippen molar-refractivity contribution >= 4 is 23.4 Å². The zero-order chi connectivity index (χ0) is 26.6. The van der Waals surface area contributed by atoms with E-state index in [4.69, 9.17) is 11.6 Å². The highest BCUT2D eigenvalue weighted by molar-refractivity contribution is 6.30. The average molecular weight is 530 g/mol. The van der Waals surface area contributed by atoms with E-state index in [1.54, 1.807) is 0 Å². The van der Waals surface area contributed by atoms with Crippen LogP contribution >= 0.6 is 11.6 Å². The summed E-state index contributed by atoms with van der Waals surface area (Å²) in [6.07, 6.45) is 4.66. The van der Waals surface area contributed by atoms with Gasteiger partial charge in [-0.15, -0.1) is 0 Å². The molecular weight excluding hydrogens is 494 g/mol. The summed E-state index contributed by atoms with van der Waals surface area (Å²) < 4.78 is 0. The maximum absolute atomic E-state index is 14.1. The van der Waals surface area contributed by atoms with Crippen molar-refractivity contribution in [2.24, 2.45) is 0 Å². The summed E-state index contributed by atoms with van der Waals surface area (Å²) >= 11 is 6.25. The third kappa shape index (κ3) is 5.50. The van der Waals surface area contributed by atoms with Crippen LogP contribution in [0.5, 0.6) is 0 Å². The summed E-state index contributed by atoms with van der Waals surface area (Å²) in [4.78, 5) is 32.4. The normalized spacial score (nSPS) is 23.3. The quantitative estimate of drug-likeness (QED) is 0.417. The number of carbonyl (C=O) groups excluding carboxylic acids is 2. The standard InChI is InChI=1S/C32H36ClN3O2/c1-35(2)25-16-18-26(19-17-25)36-30(23-12-14-24(33)15-13-23)29(27-10-6-7-11-28(27)32(36)38)31(37)34-21-20-22-8-4-3-5-9-22/h3-15,25-26,29-30H,16-21H2,1-2H3,(H,34,37)/t25?,26?,29-,30+/m1/s1. The Hall–Kier alpha value is -3.15. The Balaban J connectivity index is 1.50. The van der Waals surface area contributed by atoms with E-state index in [0.717, 1.165) is 43.2 Å². The SMILES string of the molecule is CN(C)C1CCC(N2C(=O)c3ccccc3[C@@H](C(=O)NCCc3ccccc3)[C@@H]2c2ccc(Cl)cc2)CC1. The summed E-state index contributed by atoms with van der Waals surface area (Å²) in [7, 11) is 4.25. The number of carbonyl (C=O) groups is 2. The van der Waals surface area contributed by atoms with Crippen molar-refractivity contribution in [1.82, 2.24) is 15.1 Å². The maximum Gasteiger partial charge on any atom is 0.254 e. The van der Waals surface area contributed by atoms with Gasteiger partial charge in [-0.1, -0.05) is 72.3 Å². The second kappa shape index (κ2) is 11.7. The second-order valence-corrected chi connectivity index (χ2v) is 11.2. The Bertz CT molecular complexity index is 1250. The van der Waals surface area contributed by atoms with Crippen LogP contribution in [0.4, 0.5) is 0 Å². The molecule has 2 amide bonds. The molecule has 0 saturated heterocycles. The van der Waals surface area contributed by atoms with Gasteiger partial charge in [0, 0.05) is 29.2 Å². The predicted molar refractivity (Wildman–Crippen MR) is 152 cm³/mol. The Morgan fingerprint density at radius 2 is 1.58 bits per heavy atom. The number of hydrogen-bond acceptors (Lipinski definition) is 3. The summed E-state index contributed by atoms with van der Waals surface area (Å²) in [6, 6.07) is 25.6. The van der Waals surface area contributed by atoms with Gasteiger partial charge in [-0.3, -0.25) is 9.59 Å². The Morgan fingerprint density at radius 3 is 2.26 bits per heavy atom. The number of amides is 2. The molecule has 0 unspecified atom stereocenters. The molecule has 1 saturated carbocycles. The van der Waals surface area contributed by atoms with Gasteiger partial charge < -0.3 is 15.1 Å². The zero-order valence-corrected chi connectivity index (χ0v) is 22.9. The molecule has 1 fully saturated rings. The first-order valence-electron chi connectivity index (χ1n) is 13.6. The van der Waals surface area contributed by atoms with E-state index in [2.05, 4.69) is 36.4 Å². The summed E-state index contributed by atoms with van der Waals surface area (Å²) in [6.45, 7) is 0.538. The first-order valence-corrected chi connectivity index (χ1v) is 14.0. The van der Waals surface area contributed by atoms with Crippen LogP contribution in [-0.4, -0.2) is 54.3 Å². The molecular formula is C32H36ClN3O2. The first kappa shape index (κ1) is 26.5. The minimum absolute atomic E-state index is 0.0159. The topological polar surface area (TPSA) is 52.7 Å². The van der Waals surface area contributed by atoms with Gasteiger partial charge in [0.1, 0.15) is 0 Å². The highest BCUT2D eigenvalue weighted by atomic mass is 35.5. The largest absolute Gasteiger partial charge is 0.355 e. The molecule has 0 bridgehead atoms. The molecule has 198 valence electrons. The number of hydrogen-bond donors (Lipinski definition) is 1. The van der Waals surface area contributed by atoms with Crippen molar-refractivity contribution < 1.29 is 9.59 Å². The number of benzene rings is 3. The van der Waals surface area contributed by atoms with Crippen molar-refractivity contribution in [3.63, 3.8) is 0 Å². The smallest absolute Gasteiger partial charge is 0.254 e. The molecule has 1 heterocycles. The molecule has 0 radical (unpaired) electrons. The molecule has 38 heavy (non-hydrogen) atoms. The maximum atomic E-state index is 14.1. The predicted octanol–water partition coefficient (Wildman–Crippen LogP) is 5.85. The molecule has 1 N–H and O–H groups in total. The van der Waals surface area contributed by atoms with Crippen LogP contribution in [0, 0.1) is 0 Å². The van der Waals surface area contributed by atoms with Gasteiger partial charge >= 0.3 is 0 Å². The van der Waals surface area contributed by atoms with Gasteiger partial charge in [-0.05, 0) is 81.1 Å². The number of fused-ring (bicyclic) bond motifs is 1. The van der Waals surface area contributed by atoms with Crippen LogP contribution in [0.2, 0.25) is 5.02 Å². The molecule has 6 heteroatoms. The zero-order valence-electron chi connectivity index (χ0n) is 22.1. The molecule has 2 aliphatic rings. The Labute approximate surface area is 230 Å². The fourth-order valence-electron chi connectivity index (χ4n) is 6.19. The van der Waals surface area contributed by atoms with Crippen LogP contribution in [0.25, 0.3) is 0 Å². The Kier molecular flexibility index (Phi) is 8.15. The van der Waals surface area contributed by atoms with E-state index < -0.39 is 12.0 Å². The second-order valence-electron chi connectivity index (χ2n) is 10.7. The van der Waals surface area contributed by atoms with Gasteiger partial charge in [-0.25, -0.2) is 0 Å². The van der Waals surface area contributed by atoms with Crippen molar-refractivity contribution in [2.75, 3.05) is 20.6 Å². The number of nitrogens with one attached hydrogen (secondary N) is 1. The molecule has 2 atom stereocenters. The van der Waals surface area contributed by atoms with E-state index in [1.165, 1.54) is 5.56 Å². The molecule has 1 aliphatic heterocycles. The highest BCUT2D eigenvalue weighted by Crippen LogP contribution is 2.46. The lowest BCUT2D eigenvalue weighted by atomic mass is 9.76. The van der Waals surface area contributed by atoms with Gasteiger partial charge in [0.25, 0.3) is 5.91 Å². The van der Waals surface area contributed by atoms with Crippen LogP contribution in [0.3, 0.4) is 0 Å². The minimum Gasteiger partial charge on any atom is -0.355 e. The summed E-state index contributed by atoms with van der Waals surface area (Å²) in [5.41, 5.74) is 3.55. The first-order chi connectivity index (χ1) is 18.4. The molecule has 5 rings (SSSR count). The van der Waals surface area contributed by atoms with Gasteiger partial charge in [0.2, 0.25) is 5.91 Å². The molecule has 1 aliphatic carbocycles. The van der Waals surface area contributed by atoms with Crippen LogP contribution < -0.4 is 5.32 Å². The monoisotopic (exact) mass is 529 g/mol. The third-order valence-electron chi connectivity index (χ3n) is 8.22. The molecule has 3 aromatic carbocycles. The van der Waals surface area contributed by atoms with Crippen molar-refractivity contribution in [1.29, 1.82) is 0 Å². The molecule has 0 aromatic heterocycles. The van der Waals surface area contributed by atoms with Crippen LogP contribution in [0.15, 0.2) is 78.9 Å². The number of nitrogens with zero attached hydrogens (tertiary/aromatic N) is 2. The lowest BCUT2D eigenvalue weighted by Gasteiger charge is -2.48. The van der Waals surface area contributed by atoms with Crippen molar-refractivity contribution in [3.8, 4) is 0 Å². The Morgan fingerprint density at radius 1 is 0.921 bits per heavy atom. The van der Waals surface area contributed by atoms with E-state index in [1.807, 2.05) is 71.6 Å². The van der Waals surface area contributed by atoms with E-state index in [9.17, 15) is 9.59 Å². The van der Waals surface area contributed by atoms with Crippen molar-refractivity contribution in [3.05, 3.63) is 106 Å². The lowest BCUT2D eigenvalue weighted by molar-refractivity contribution is -0.124. The number of rotatable bonds is 7. The van der Waals surface area contributed by atoms with Gasteiger partial charge in [0.05, 0.1) is 12.0 Å².